The maximum atomic E-state index is 3.92. The van der Waals surface area contributed by atoms with E-state index in [-0.39, 0.29) is 0 Å². The highest BCUT2D eigenvalue weighted by molar-refractivity contribution is 5.35. The molecule has 60 valence electrons. The third kappa shape index (κ3) is 3.61. The first-order valence-electron chi connectivity index (χ1n) is 3.77. The highest BCUT2D eigenvalue weighted by Gasteiger charge is 1.95. The molecule has 0 aliphatic heterocycles. The van der Waals surface area contributed by atoms with Crippen molar-refractivity contribution in [3.63, 3.8) is 0 Å². The van der Waals surface area contributed by atoms with Gasteiger partial charge in [0, 0.05) is 0 Å². The van der Waals surface area contributed by atoms with E-state index in [0.717, 1.165) is 11.1 Å². The van der Waals surface area contributed by atoms with Gasteiger partial charge < -0.3 is 0 Å². The molecule has 0 rings (SSSR count). The van der Waals surface area contributed by atoms with Crippen LogP contribution in [-0.4, -0.2) is 0 Å². The Labute approximate surface area is 69.6 Å². The van der Waals surface area contributed by atoms with Crippen molar-refractivity contribution in [3.8, 4) is 0 Å². The van der Waals surface area contributed by atoms with Gasteiger partial charge in [-0.2, -0.15) is 0 Å². The fourth-order valence-electron chi connectivity index (χ4n) is 0.582. The Morgan fingerprint density at radius 1 is 1.18 bits per heavy atom. The SMILES string of the molecule is C=CC(C=C)=CC(=C)C(C)C. The number of allylic oxidation sites excluding steroid dienone is 5. The minimum Gasteiger partial charge on any atom is -0.0985 e. The largest absolute Gasteiger partial charge is 0.0985 e. The summed E-state index contributed by atoms with van der Waals surface area (Å²) >= 11 is 0. The van der Waals surface area contributed by atoms with Crippen LogP contribution < -0.4 is 0 Å². The van der Waals surface area contributed by atoms with E-state index in [1.54, 1.807) is 12.2 Å². The molecule has 0 fully saturated rings. The second kappa shape index (κ2) is 4.73. The molecule has 0 heteroatoms. The molecule has 0 aromatic heterocycles. The second-order valence-corrected chi connectivity index (χ2v) is 2.78. The lowest BCUT2D eigenvalue weighted by Gasteiger charge is -2.03. The highest BCUT2D eigenvalue weighted by Crippen LogP contribution is 2.11. The summed E-state index contributed by atoms with van der Waals surface area (Å²) < 4.78 is 0. The Bertz CT molecular complexity index is 182. The van der Waals surface area contributed by atoms with Crippen molar-refractivity contribution >= 4 is 0 Å². The van der Waals surface area contributed by atoms with Crippen LogP contribution in [0.15, 0.2) is 49.1 Å². The lowest BCUT2D eigenvalue weighted by molar-refractivity contribution is 0.794. The van der Waals surface area contributed by atoms with E-state index in [9.17, 15) is 0 Å². The molecule has 11 heavy (non-hydrogen) atoms. The van der Waals surface area contributed by atoms with E-state index in [4.69, 9.17) is 0 Å². The van der Waals surface area contributed by atoms with Gasteiger partial charge in [-0.05, 0) is 11.5 Å². The fraction of sp³-hybridized carbons (Fsp3) is 0.273. The van der Waals surface area contributed by atoms with E-state index >= 15 is 0 Å². The molecular formula is C11H16. The van der Waals surface area contributed by atoms with Crippen LogP contribution in [0.2, 0.25) is 0 Å². The Morgan fingerprint density at radius 3 is 1.91 bits per heavy atom. The van der Waals surface area contributed by atoms with E-state index in [1.165, 1.54) is 0 Å². The van der Waals surface area contributed by atoms with Gasteiger partial charge in [-0.3, -0.25) is 0 Å². The topological polar surface area (TPSA) is 0 Å². The summed E-state index contributed by atoms with van der Waals surface area (Å²) in [6, 6.07) is 0. The average molecular weight is 148 g/mol. The molecule has 0 nitrogen and oxygen atoms in total. The molecule has 0 radical (unpaired) electrons. The number of hydrogen-bond acceptors (Lipinski definition) is 0. The predicted octanol–water partition coefficient (Wildman–Crippen LogP) is 3.50. The van der Waals surface area contributed by atoms with Crippen molar-refractivity contribution in [2.75, 3.05) is 0 Å². The first-order chi connectivity index (χ1) is 5.11. The molecule has 0 spiro atoms. The quantitative estimate of drug-likeness (QED) is 0.535. The Balaban J connectivity index is 4.38. The van der Waals surface area contributed by atoms with Gasteiger partial charge in [0.15, 0.2) is 0 Å². The summed E-state index contributed by atoms with van der Waals surface area (Å²) in [5, 5.41) is 0. The molecule has 0 saturated carbocycles. The summed E-state index contributed by atoms with van der Waals surface area (Å²) in [4.78, 5) is 0. The fourth-order valence-corrected chi connectivity index (χ4v) is 0.582. The van der Waals surface area contributed by atoms with Crippen molar-refractivity contribution in [2.24, 2.45) is 5.92 Å². The number of hydrogen-bond donors (Lipinski definition) is 0. The molecular weight excluding hydrogens is 132 g/mol. The van der Waals surface area contributed by atoms with Gasteiger partial charge in [0.05, 0.1) is 0 Å². The van der Waals surface area contributed by atoms with Crippen LogP contribution in [-0.2, 0) is 0 Å². The zero-order valence-electron chi connectivity index (χ0n) is 7.43. The summed E-state index contributed by atoms with van der Waals surface area (Å²) in [6.07, 6.45) is 5.56. The molecule has 0 heterocycles. The normalized spacial score (nSPS) is 9.00. The minimum atomic E-state index is 0.491. The first-order valence-corrected chi connectivity index (χ1v) is 3.77. The Hall–Kier alpha value is -1.04. The van der Waals surface area contributed by atoms with Gasteiger partial charge in [0.2, 0.25) is 0 Å². The van der Waals surface area contributed by atoms with Gasteiger partial charge in [0.25, 0.3) is 0 Å². The van der Waals surface area contributed by atoms with E-state index < -0.39 is 0 Å². The first kappa shape index (κ1) is 9.96. The van der Waals surface area contributed by atoms with E-state index in [1.807, 2.05) is 6.08 Å². The molecule has 0 bridgehead atoms. The van der Waals surface area contributed by atoms with Gasteiger partial charge in [-0.25, -0.2) is 0 Å². The smallest absolute Gasteiger partial charge is 0.0224 e. The van der Waals surface area contributed by atoms with Gasteiger partial charge in [-0.1, -0.05) is 57.4 Å². The van der Waals surface area contributed by atoms with Crippen molar-refractivity contribution < 1.29 is 0 Å². The monoisotopic (exact) mass is 148 g/mol. The van der Waals surface area contributed by atoms with Crippen LogP contribution in [0, 0.1) is 5.92 Å². The second-order valence-electron chi connectivity index (χ2n) is 2.78. The van der Waals surface area contributed by atoms with Crippen LogP contribution in [0.1, 0.15) is 13.8 Å². The Morgan fingerprint density at radius 2 is 1.64 bits per heavy atom. The molecule has 0 aliphatic rings. The number of rotatable bonds is 4. The highest BCUT2D eigenvalue weighted by atomic mass is 14.0. The summed E-state index contributed by atoms with van der Waals surface area (Å²) in [5.41, 5.74) is 2.14. The molecule has 0 aromatic carbocycles. The van der Waals surface area contributed by atoms with Crippen LogP contribution in [0.25, 0.3) is 0 Å². The van der Waals surface area contributed by atoms with E-state index in [2.05, 4.69) is 33.6 Å². The van der Waals surface area contributed by atoms with Gasteiger partial charge in [0.1, 0.15) is 0 Å². The van der Waals surface area contributed by atoms with E-state index in [0.29, 0.717) is 5.92 Å². The van der Waals surface area contributed by atoms with Crippen molar-refractivity contribution in [3.05, 3.63) is 49.1 Å². The molecule has 0 saturated heterocycles. The zero-order valence-corrected chi connectivity index (χ0v) is 7.43. The maximum Gasteiger partial charge on any atom is -0.0224 e. The van der Waals surface area contributed by atoms with Crippen LogP contribution >= 0.6 is 0 Å². The zero-order chi connectivity index (χ0) is 8.85. The Kier molecular flexibility index (Phi) is 4.28. The standard InChI is InChI=1S/C11H16/c1-6-11(7-2)8-10(5)9(3)4/h6-9H,1-2,5H2,3-4H3. The summed E-state index contributed by atoms with van der Waals surface area (Å²) in [5.74, 6) is 0.491. The minimum absolute atomic E-state index is 0.491. The third-order valence-corrected chi connectivity index (χ3v) is 1.57. The molecule has 0 aliphatic carbocycles. The van der Waals surface area contributed by atoms with Gasteiger partial charge in [-0.15, -0.1) is 0 Å². The molecule has 0 unspecified atom stereocenters. The lowest BCUT2D eigenvalue weighted by Crippen LogP contribution is -1.88. The lowest BCUT2D eigenvalue weighted by atomic mass is 10.0. The van der Waals surface area contributed by atoms with Crippen molar-refractivity contribution in [2.45, 2.75) is 13.8 Å². The van der Waals surface area contributed by atoms with Crippen molar-refractivity contribution in [1.29, 1.82) is 0 Å². The molecule has 0 aromatic rings. The molecule has 0 amide bonds. The summed E-state index contributed by atoms with van der Waals surface area (Å²) in [6.45, 7) is 15.5. The summed E-state index contributed by atoms with van der Waals surface area (Å²) in [7, 11) is 0. The van der Waals surface area contributed by atoms with Crippen LogP contribution in [0.5, 0.6) is 0 Å². The van der Waals surface area contributed by atoms with Crippen LogP contribution in [0.4, 0.5) is 0 Å². The van der Waals surface area contributed by atoms with Crippen LogP contribution in [0.3, 0.4) is 0 Å². The average Bonchev–Trinajstić information content (AvgIpc) is 1.99. The van der Waals surface area contributed by atoms with Crippen molar-refractivity contribution in [1.82, 2.24) is 0 Å². The third-order valence-electron chi connectivity index (χ3n) is 1.57. The van der Waals surface area contributed by atoms with Gasteiger partial charge >= 0.3 is 0 Å². The molecule has 0 N–H and O–H groups in total. The predicted molar refractivity (Wildman–Crippen MR) is 52.5 cm³/mol. The maximum absolute atomic E-state index is 3.92. The molecule has 0 atom stereocenters.